The molecule has 0 fully saturated rings. The van der Waals surface area contributed by atoms with Gasteiger partial charge in [0, 0.05) is 22.9 Å². The molecule has 0 saturated heterocycles. The summed E-state index contributed by atoms with van der Waals surface area (Å²) >= 11 is 0. The van der Waals surface area contributed by atoms with Crippen LogP contribution in [-0.2, 0) is 14.8 Å². The van der Waals surface area contributed by atoms with Gasteiger partial charge in [0.25, 0.3) is 5.91 Å². The highest BCUT2D eigenvalue weighted by Crippen LogP contribution is 2.39. The van der Waals surface area contributed by atoms with Gasteiger partial charge in [0.1, 0.15) is 6.04 Å². The standard InChI is InChI=1S/C18H20N2O5S/c1-4-20-13-8-9-14(11-6-5-7-12(15(11)13)17(20)21)26(24,25)19-16(10(2)3)18(22)23/h5-10,16,19H,4H2,1-3H3,(H,22,23)/t16-/m0/s1. The fourth-order valence-electron chi connectivity index (χ4n) is 3.27. The average Bonchev–Trinajstić information content (AvgIpc) is 2.86. The molecule has 1 atom stereocenters. The van der Waals surface area contributed by atoms with Gasteiger partial charge in [-0.2, -0.15) is 4.72 Å². The molecule has 138 valence electrons. The van der Waals surface area contributed by atoms with Crippen molar-refractivity contribution in [1.82, 2.24) is 4.72 Å². The number of nitrogens with zero attached hydrogens (tertiary/aromatic N) is 1. The first-order valence-electron chi connectivity index (χ1n) is 8.31. The summed E-state index contributed by atoms with van der Waals surface area (Å²) in [6, 6.07) is 6.71. The minimum atomic E-state index is -4.08. The lowest BCUT2D eigenvalue weighted by Gasteiger charge is -2.19. The Labute approximate surface area is 151 Å². The van der Waals surface area contributed by atoms with Gasteiger partial charge in [0.15, 0.2) is 0 Å². The minimum absolute atomic E-state index is 0.0317. The predicted molar refractivity (Wildman–Crippen MR) is 97.9 cm³/mol. The topological polar surface area (TPSA) is 104 Å². The van der Waals surface area contributed by atoms with Gasteiger partial charge >= 0.3 is 5.97 Å². The zero-order valence-electron chi connectivity index (χ0n) is 14.7. The number of hydrogen-bond donors (Lipinski definition) is 2. The van der Waals surface area contributed by atoms with Crippen molar-refractivity contribution in [2.45, 2.75) is 31.7 Å². The highest BCUT2D eigenvalue weighted by molar-refractivity contribution is 7.89. The molecule has 0 radical (unpaired) electrons. The van der Waals surface area contributed by atoms with Crippen LogP contribution in [0.5, 0.6) is 0 Å². The third kappa shape index (κ3) is 2.75. The van der Waals surface area contributed by atoms with Crippen LogP contribution in [0.25, 0.3) is 10.8 Å². The van der Waals surface area contributed by atoms with Crippen LogP contribution in [0.3, 0.4) is 0 Å². The summed E-state index contributed by atoms with van der Waals surface area (Å²) < 4.78 is 28.0. The lowest BCUT2D eigenvalue weighted by Crippen LogP contribution is -2.44. The maximum absolute atomic E-state index is 12.9. The molecule has 2 aromatic rings. The lowest BCUT2D eigenvalue weighted by molar-refractivity contribution is -0.140. The molecule has 0 aromatic heterocycles. The van der Waals surface area contributed by atoms with Crippen LogP contribution in [0, 0.1) is 5.92 Å². The van der Waals surface area contributed by atoms with Crippen LogP contribution in [0.2, 0.25) is 0 Å². The third-order valence-electron chi connectivity index (χ3n) is 4.57. The second-order valence-electron chi connectivity index (χ2n) is 6.54. The average molecular weight is 376 g/mol. The summed E-state index contributed by atoms with van der Waals surface area (Å²) in [5, 5.41) is 10.3. The summed E-state index contributed by atoms with van der Waals surface area (Å²) in [6.07, 6.45) is 0. The summed E-state index contributed by atoms with van der Waals surface area (Å²) in [6.45, 7) is 5.59. The summed E-state index contributed by atoms with van der Waals surface area (Å²) in [5.74, 6) is -1.82. The molecular weight excluding hydrogens is 356 g/mol. The van der Waals surface area contributed by atoms with Crippen molar-refractivity contribution in [3.05, 3.63) is 35.9 Å². The molecule has 0 bridgehead atoms. The molecule has 8 heteroatoms. The van der Waals surface area contributed by atoms with Crippen molar-refractivity contribution in [3.8, 4) is 0 Å². The van der Waals surface area contributed by atoms with Crippen LogP contribution in [0.1, 0.15) is 31.1 Å². The molecule has 1 amide bonds. The van der Waals surface area contributed by atoms with Crippen LogP contribution < -0.4 is 9.62 Å². The smallest absolute Gasteiger partial charge is 0.322 e. The van der Waals surface area contributed by atoms with Crippen molar-refractivity contribution in [2.24, 2.45) is 5.92 Å². The van der Waals surface area contributed by atoms with E-state index >= 15 is 0 Å². The Morgan fingerprint density at radius 3 is 2.50 bits per heavy atom. The number of carboxylic acid groups (broad SMARTS) is 1. The van der Waals surface area contributed by atoms with Gasteiger partial charge < -0.3 is 10.0 Å². The Hall–Kier alpha value is -2.45. The Kier molecular flexibility index (Phi) is 4.49. The van der Waals surface area contributed by atoms with Crippen LogP contribution in [0.15, 0.2) is 35.2 Å². The van der Waals surface area contributed by atoms with Crippen molar-refractivity contribution in [1.29, 1.82) is 0 Å². The highest BCUT2D eigenvalue weighted by Gasteiger charge is 2.33. The van der Waals surface area contributed by atoms with E-state index in [-0.39, 0.29) is 10.8 Å². The van der Waals surface area contributed by atoms with Crippen molar-refractivity contribution < 1.29 is 23.1 Å². The van der Waals surface area contributed by atoms with E-state index in [1.165, 1.54) is 6.07 Å². The molecule has 26 heavy (non-hydrogen) atoms. The largest absolute Gasteiger partial charge is 0.480 e. The number of anilines is 1. The molecule has 1 aliphatic rings. The fraction of sp³-hybridized carbons (Fsp3) is 0.333. The first kappa shape index (κ1) is 18.3. The van der Waals surface area contributed by atoms with Crippen molar-refractivity contribution >= 4 is 38.4 Å². The Morgan fingerprint density at radius 2 is 1.92 bits per heavy atom. The monoisotopic (exact) mass is 376 g/mol. The summed E-state index contributed by atoms with van der Waals surface area (Å²) in [7, 11) is -4.08. The van der Waals surface area contributed by atoms with Crippen LogP contribution in [0.4, 0.5) is 5.69 Å². The number of rotatable bonds is 6. The van der Waals surface area contributed by atoms with Crippen LogP contribution in [-0.4, -0.2) is 38.0 Å². The summed E-state index contributed by atoms with van der Waals surface area (Å²) in [5.41, 5.74) is 1.12. The number of amides is 1. The first-order chi connectivity index (χ1) is 12.2. The van der Waals surface area contributed by atoms with Crippen molar-refractivity contribution in [3.63, 3.8) is 0 Å². The summed E-state index contributed by atoms with van der Waals surface area (Å²) in [4.78, 5) is 25.4. The maximum atomic E-state index is 12.9. The number of nitrogens with one attached hydrogen (secondary N) is 1. The molecule has 0 unspecified atom stereocenters. The van der Waals surface area contributed by atoms with E-state index in [1.807, 2.05) is 6.92 Å². The predicted octanol–water partition coefficient (Wildman–Crippen LogP) is 2.21. The van der Waals surface area contributed by atoms with Gasteiger partial charge in [-0.3, -0.25) is 9.59 Å². The van der Waals surface area contributed by atoms with E-state index in [4.69, 9.17) is 0 Å². The molecule has 2 aromatic carbocycles. The molecule has 0 aliphatic carbocycles. The highest BCUT2D eigenvalue weighted by atomic mass is 32.2. The normalized spacial score (nSPS) is 15.1. The van der Waals surface area contributed by atoms with E-state index < -0.39 is 28.0 Å². The van der Waals surface area contributed by atoms with Gasteiger partial charge in [-0.25, -0.2) is 8.42 Å². The maximum Gasteiger partial charge on any atom is 0.322 e. The van der Waals surface area contributed by atoms with E-state index in [9.17, 15) is 23.1 Å². The number of benzene rings is 2. The molecule has 7 nitrogen and oxygen atoms in total. The molecule has 0 saturated carbocycles. The Morgan fingerprint density at radius 1 is 1.23 bits per heavy atom. The van der Waals surface area contributed by atoms with E-state index in [0.29, 0.717) is 28.6 Å². The molecule has 0 spiro atoms. The van der Waals surface area contributed by atoms with E-state index in [2.05, 4.69) is 4.72 Å². The molecular formula is C18H20N2O5S. The van der Waals surface area contributed by atoms with Gasteiger partial charge in [-0.1, -0.05) is 26.0 Å². The van der Waals surface area contributed by atoms with Crippen molar-refractivity contribution in [2.75, 3.05) is 11.4 Å². The number of carboxylic acids is 1. The zero-order chi connectivity index (χ0) is 19.2. The molecule has 2 N–H and O–H groups in total. The Balaban J connectivity index is 2.18. The van der Waals surface area contributed by atoms with Gasteiger partial charge in [-0.05, 0) is 31.0 Å². The molecule has 1 heterocycles. The molecule has 3 rings (SSSR count). The Bertz CT molecular complexity index is 1010. The number of carbonyl (C=O) groups is 2. The van der Waals surface area contributed by atoms with Crippen LogP contribution >= 0.6 is 0 Å². The number of carbonyl (C=O) groups excluding carboxylic acids is 1. The quantitative estimate of drug-likeness (QED) is 0.804. The zero-order valence-corrected chi connectivity index (χ0v) is 15.5. The molecule has 1 aliphatic heterocycles. The fourth-order valence-corrected chi connectivity index (χ4v) is 4.81. The number of hydrogen-bond acceptors (Lipinski definition) is 4. The van der Waals surface area contributed by atoms with Gasteiger partial charge in [-0.15, -0.1) is 0 Å². The lowest BCUT2D eigenvalue weighted by atomic mass is 10.1. The minimum Gasteiger partial charge on any atom is -0.480 e. The second-order valence-corrected chi connectivity index (χ2v) is 8.22. The first-order valence-corrected chi connectivity index (χ1v) is 9.80. The third-order valence-corrected chi connectivity index (χ3v) is 6.06. The number of aliphatic carboxylic acids is 1. The van der Waals surface area contributed by atoms with Gasteiger partial charge in [0.05, 0.1) is 10.6 Å². The van der Waals surface area contributed by atoms with Gasteiger partial charge in [0.2, 0.25) is 10.0 Å². The number of sulfonamides is 1. The SMILES string of the molecule is CCN1C(=O)c2cccc3c(S(=O)(=O)N[C@H](C(=O)O)C(C)C)ccc1c23. The van der Waals surface area contributed by atoms with E-state index in [1.54, 1.807) is 43.0 Å². The van der Waals surface area contributed by atoms with E-state index in [0.717, 1.165) is 0 Å². The second kappa shape index (κ2) is 6.37.